The third-order valence-electron chi connectivity index (χ3n) is 3.91. The summed E-state index contributed by atoms with van der Waals surface area (Å²) in [5, 5.41) is 5.89. The van der Waals surface area contributed by atoms with E-state index in [0.717, 1.165) is 4.90 Å². The Kier molecular flexibility index (Phi) is 9.23. The van der Waals surface area contributed by atoms with Crippen molar-refractivity contribution in [3.8, 4) is 0 Å². The topological polar surface area (TPSA) is 44.4 Å². The van der Waals surface area contributed by atoms with Crippen LogP contribution in [0.1, 0.15) is 24.2 Å². The molecule has 1 saturated heterocycles. The molecule has 2 N–H and O–H groups in total. The predicted molar refractivity (Wildman–Crippen MR) is 101 cm³/mol. The van der Waals surface area contributed by atoms with Crippen LogP contribution in [-0.4, -0.2) is 61.0 Å². The van der Waals surface area contributed by atoms with Crippen molar-refractivity contribution in [3.63, 3.8) is 0 Å². The standard InChI is InChI=1S/C17H24F3N3OS.ClH/c1-12(2)25-14-5-3-13(4-6-14)16(24)22-11-15(17(18,19)20)23-9-7-21-8-10-23;/h3-6,12,15,21H,7-11H2,1-2H3,(H,22,24);1H. The van der Waals surface area contributed by atoms with Crippen LogP contribution >= 0.6 is 24.2 Å². The molecule has 148 valence electrons. The number of rotatable bonds is 6. The van der Waals surface area contributed by atoms with Crippen LogP contribution in [-0.2, 0) is 0 Å². The summed E-state index contributed by atoms with van der Waals surface area (Å²) < 4.78 is 39.9. The molecule has 1 heterocycles. The maximum absolute atomic E-state index is 13.3. The van der Waals surface area contributed by atoms with Gasteiger partial charge in [-0.2, -0.15) is 13.2 Å². The number of nitrogens with zero attached hydrogens (tertiary/aromatic N) is 1. The molecule has 0 aliphatic carbocycles. The summed E-state index contributed by atoms with van der Waals surface area (Å²) in [4.78, 5) is 14.6. The molecule has 1 aliphatic heterocycles. The van der Waals surface area contributed by atoms with Crippen molar-refractivity contribution < 1.29 is 18.0 Å². The number of amides is 1. The highest BCUT2D eigenvalue weighted by Crippen LogP contribution is 2.25. The maximum Gasteiger partial charge on any atom is 0.405 e. The SMILES string of the molecule is CC(C)Sc1ccc(C(=O)NCC(N2CCNCC2)C(F)(F)F)cc1.Cl. The summed E-state index contributed by atoms with van der Waals surface area (Å²) in [7, 11) is 0. The number of carbonyl (C=O) groups excluding carboxylic acids is 1. The van der Waals surface area contributed by atoms with Crippen LogP contribution < -0.4 is 10.6 Å². The largest absolute Gasteiger partial charge is 0.405 e. The van der Waals surface area contributed by atoms with E-state index in [4.69, 9.17) is 0 Å². The van der Waals surface area contributed by atoms with E-state index in [1.807, 2.05) is 12.1 Å². The van der Waals surface area contributed by atoms with Gasteiger partial charge in [-0.3, -0.25) is 9.69 Å². The first-order chi connectivity index (χ1) is 11.8. The van der Waals surface area contributed by atoms with Gasteiger partial charge in [0.15, 0.2) is 0 Å². The normalized spacial score (nSPS) is 16.8. The third-order valence-corrected chi connectivity index (χ3v) is 4.93. The Hall–Kier alpha value is -0.960. The van der Waals surface area contributed by atoms with Crippen LogP contribution in [0.4, 0.5) is 13.2 Å². The van der Waals surface area contributed by atoms with E-state index in [1.165, 1.54) is 4.90 Å². The molecule has 1 atom stereocenters. The zero-order chi connectivity index (χ0) is 18.4. The molecule has 1 amide bonds. The monoisotopic (exact) mass is 411 g/mol. The van der Waals surface area contributed by atoms with Crippen molar-refractivity contribution >= 4 is 30.1 Å². The number of piperazine rings is 1. The summed E-state index contributed by atoms with van der Waals surface area (Å²) >= 11 is 1.67. The molecule has 2 rings (SSSR count). The first-order valence-corrected chi connectivity index (χ1v) is 9.21. The summed E-state index contributed by atoms with van der Waals surface area (Å²) in [6, 6.07) is 5.27. The van der Waals surface area contributed by atoms with Gasteiger partial charge in [0.1, 0.15) is 6.04 Å². The van der Waals surface area contributed by atoms with Gasteiger partial charge in [-0.05, 0) is 24.3 Å². The van der Waals surface area contributed by atoms with Crippen molar-refractivity contribution in [1.82, 2.24) is 15.5 Å². The van der Waals surface area contributed by atoms with Gasteiger partial charge in [0, 0.05) is 48.4 Å². The second-order valence-electron chi connectivity index (χ2n) is 6.24. The second-order valence-corrected chi connectivity index (χ2v) is 7.89. The van der Waals surface area contributed by atoms with Crippen LogP contribution in [0.25, 0.3) is 0 Å². The van der Waals surface area contributed by atoms with Crippen LogP contribution in [0.2, 0.25) is 0 Å². The molecule has 0 saturated carbocycles. The van der Waals surface area contributed by atoms with Gasteiger partial charge in [0.05, 0.1) is 0 Å². The Balaban J connectivity index is 0.00000338. The zero-order valence-electron chi connectivity index (χ0n) is 14.8. The van der Waals surface area contributed by atoms with Crippen LogP contribution in [0.15, 0.2) is 29.2 Å². The van der Waals surface area contributed by atoms with Gasteiger partial charge in [0.25, 0.3) is 5.91 Å². The van der Waals surface area contributed by atoms with E-state index >= 15 is 0 Å². The molecule has 0 spiro atoms. The first kappa shape index (κ1) is 23.1. The lowest BCUT2D eigenvalue weighted by Crippen LogP contribution is -2.57. The molecule has 1 aliphatic rings. The molecule has 26 heavy (non-hydrogen) atoms. The number of carbonyl (C=O) groups is 1. The molecular weight excluding hydrogens is 387 g/mol. The Labute approximate surface area is 162 Å². The van der Waals surface area contributed by atoms with Gasteiger partial charge < -0.3 is 10.6 Å². The smallest absolute Gasteiger partial charge is 0.350 e. The van der Waals surface area contributed by atoms with Crippen molar-refractivity contribution in [3.05, 3.63) is 29.8 Å². The average Bonchev–Trinajstić information content (AvgIpc) is 2.54. The fraction of sp³-hybridized carbons (Fsp3) is 0.588. The van der Waals surface area contributed by atoms with Crippen molar-refractivity contribution in [2.75, 3.05) is 32.7 Å². The lowest BCUT2D eigenvalue weighted by molar-refractivity contribution is -0.183. The average molecular weight is 412 g/mol. The van der Waals surface area contributed by atoms with E-state index in [0.29, 0.717) is 37.0 Å². The molecule has 0 aromatic heterocycles. The van der Waals surface area contributed by atoms with Gasteiger partial charge in [-0.15, -0.1) is 24.2 Å². The molecule has 4 nitrogen and oxygen atoms in total. The van der Waals surface area contributed by atoms with Gasteiger partial charge in [0.2, 0.25) is 0 Å². The molecule has 1 unspecified atom stereocenters. The molecule has 1 aromatic carbocycles. The number of halogens is 4. The number of thioether (sulfide) groups is 1. The minimum absolute atomic E-state index is 0. The Bertz CT molecular complexity index is 563. The molecule has 0 bridgehead atoms. The summed E-state index contributed by atoms with van der Waals surface area (Å²) in [6.45, 7) is 5.38. The molecule has 1 fully saturated rings. The number of nitrogens with one attached hydrogen (secondary N) is 2. The molecular formula is C17H25ClF3N3OS. The first-order valence-electron chi connectivity index (χ1n) is 8.34. The number of hydrogen-bond acceptors (Lipinski definition) is 4. The van der Waals surface area contributed by atoms with E-state index < -0.39 is 24.7 Å². The van der Waals surface area contributed by atoms with Gasteiger partial charge in [-0.1, -0.05) is 13.8 Å². The van der Waals surface area contributed by atoms with Crippen LogP contribution in [0, 0.1) is 0 Å². The highest BCUT2D eigenvalue weighted by molar-refractivity contribution is 7.99. The maximum atomic E-state index is 13.3. The Morgan fingerprint density at radius 3 is 2.31 bits per heavy atom. The highest BCUT2D eigenvalue weighted by Gasteiger charge is 2.43. The van der Waals surface area contributed by atoms with Gasteiger partial charge >= 0.3 is 6.18 Å². The number of benzene rings is 1. The van der Waals surface area contributed by atoms with E-state index in [-0.39, 0.29) is 12.4 Å². The fourth-order valence-electron chi connectivity index (χ4n) is 2.69. The molecule has 0 radical (unpaired) electrons. The summed E-state index contributed by atoms with van der Waals surface area (Å²) in [6.07, 6.45) is -4.37. The van der Waals surface area contributed by atoms with E-state index in [9.17, 15) is 18.0 Å². The van der Waals surface area contributed by atoms with E-state index in [2.05, 4.69) is 24.5 Å². The van der Waals surface area contributed by atoms with Crippen LogP contribution in [0.5, 0.6) is 0 Å². The fourth-order valence-corrected chi connectivity index (χ4v) is 3.53. The van der Waals surface area contributed by atoms with Crippen molar-refractivity contribution in [1.29, 1.82) is 0 Å². The second kappa shape index (κ2) is 10.4. The van der Waals surface area contributed by atoms with E-state index in [1.54, 1.807) is 23.9 Å². The summed E-state index contributed by atoms with van der Waals surface area (Å²) in [5.74, 6) is -0.481. The quantitative estimate of drug-likeness (QED) is 0.706. The third kappa shape index (κ3) is 6.98. The van der Waals surface area contributed by atoms with Crippen molar-refractivity contribution in [2.45, 2.75) is 36.2 Å². The molecule has 9 heteroatoms. The Morgan fingerprint density at radius 2 is 1.81 bits per heavy atom. The molecule has 1 aromatic rings. The van der Waals surface area contributed by atoms with Crippen molar-refractivity contribution in [2.24, 2.45) is 0 Å². The lowest BCUT2D eigenvalue weighted by Gasteiger charge is -2.35. The number of alkyl halides is 3. The highest BCUT2D eigenvalue weighted by atomic mass is 35.5. The minimum Gasteiger partial charge on any atom is -0.350 e. The van der Waals surface area contributed by atoms with Crippen LogP contribution in [0.3, 0.4) is 0 Å². The Morgan fingerprint density at radius 1 is 1.23 bits per heavy atom. The zero-order valence-corrected chi connectivity index (χ0v) is 16.4. The lowest BCUT2D eigenvalue weighted by atomic mass is 10.1. The summed E-state index contributed by atoms with van der Waals surface area (Å²) in [5.41, 5.74) is 0.370. The predicted octanol–water partition coefficient (Wildman–Crippen LogP) is 3.17. The number of hydrogen-bond donors (Lipinski definition) is 2. The van der Waals surface area contributed by atoms with Gasteiger partial charge in [-0.25, -0.2) is 0 Å². The minimum atomic E-state index is -4.37.